The fraction of sp³-hybridized carbons (Fsp3) is 0.900. The molecule has 0 aromatic carbocycles. The van der Waals surface area contributed by atoms with Crippen molar-refractivity contribution < 1.29 is 31.5 Å². The molecule has 0 aliphatic carbocycles. The summed E-state index contributed by atoms with van der Waals surface area (Å²) in [6.07, 6.45) is -7.09. The monoisotopic (exact) mass is 294 g/mol. The summed E-state index contributed by atoms with van der Waals surface area (Å²) in [7, 11) is 0. The first kappa shape index (κ1) is 17.5. The van der Waals surface area contributed by atoms with Crippen LogP contribution in [-0.4, -0.2) is 35.7 Å². The van der Waals surface area contributed by atoms with Crippen molar-refractivity contribution in [2.45, 2.75) is 44.0 Å². The molecule has 0 radical (unpaired) electrons. The Balaban J connectivity index is 3.90. The van der Waals surface area contributed by atoms with Crippen LogP contribution in [0.1, 0.15) is 26.7 Å². The van der Waals surface area contributed by atoms with E-state index in [9.17, 15) is 26.7 Å². The van der Waals surface area contributed by atoms with E-state index in [-0.39, 0.29) is 18.8 Å². The zero-order valence-electron chi connectivity index (χ0n) is 10.0. The van der Waals surface area contributed by atoms with Gasteiger partial charge >= 0.3 is 18.1 Å². The largest absolute Gasteiger partial charge is 0.465 e. The summed E-state index contributed by atoms with van der Waals surface area (Å²) in [4.78, 5) is 11.1. The number of ether oxygens (including phenoxy) is 1. The van der Waals surface area contributed by atoms with Crippen molar-refractivity contribution in [1.82, 2.24) is 0 Å². The Labute approximate surface area is 106 Å². The molecule has 0 saturated heterocycles. The number of carbonyl (C=O) groups excluding carboxylic acids is 1. The SMILES string of the molecule is CCOC(=O)C(C)SCCCC(F)(F)C(F)(F)F. The molecule has 0 aliphatic rings. The van der Waals surface area contributed by atoms with Crippen molar-refractivity contribution >= 4 is 17.7 Å². The summed E-state index contributed by atoms with van der Waals surface area (Å²) in [6, 6.07) is 0. The number of esters is 1. The minimum absolute atomic E-state index is 0.0473. The van der Waals surface area contributed by atoms with Gasteiger partial charge in [0.05, 0.1) is 11.9 Å². The Kier molecular flexibility index (Phi) is 6.94. The number of halogens is 5. The highest BCUT2D eigenvalue weighted by atomic mass is 32.2. The van der Waals surface area contributed by atoms with Gasteiger partial charge in [-0.25, -0.2) is 0 Å². The minimum Gasteiger partial charge on any atom is -0.465 e. The molecule has 0 bridgehead atoms. The first-order valence-corrected chi connectivity index (χ1v) is 6.39. The summed E-state index contributed by atoms with van der Waals surface area (Å²) in [5, 5.41) is -0.565. The first-order valence-electron chi connectivity index (χ1n) is 5.34. The molecule has 2 nitrogen and oxygen atoms in total. The number of carbonyl (C=O) groups is 1. The van der Waals surface area contributed by atoms with E-state index >= 15 is 0 Å². The molecule has 0 saturated carbocycles. The highest BCUT2D eigenvalue weighted by Gasteiger charge is 2.56. The van der Waals surface area contributed by atoms with Crippen molar-refractivity contribution in [2.24, 2.45) is 0 Å². The molecule has 1 unspecified atom stereocenters. The third kappa shape index (κ3) is 5.88. The van der Waals surface area contributed by atoms with E-state index in [1.165, 1.54) is 6.92 Å². The quantitative estimate of drug-likeness (QED) is 0.407. The average Bonchev–Trinajstić information content (AvgIpc) is 2.22. The second kappa shape index (κ2) is 7.16. The standard InChI is InChI=1S/C10H15F5O2S/c1-3-17-8(16)7(2)18-6-4-5-9(11,12)10(13,14)15/h7H,3-6H2,1-2H3. The van der Waals surface area contributed by atoms with Gasteiger partial charge in [-0.05, 0) is 26.0 Å². The maximum Gasteiger partial charge on any atom is 0.453 e. The molecule has 0 rings (SSSR count). The third-order valence-electron chi connectivity index (χ3n) is 2.04. The second-order valence-electron chi connectivity index (χ2n) is 3.57. The molecule has 0 heterocycles. The zero-order chi connectivity index (χ0) is 14.4. The molecular formula is C10H15F5O2S. The van der Waals surface area contributed by atoms with E-state index in [1.807, 2.05) is 0 Å². The lowest BCUT2D eigenvalue weighted by Gasteiger charge is -2.19. The molecule has 0 spiro atoms. The molecule has 18 heavy (non-hydrogen) atoms. The Morgan fingerprint density at radius 1 is 1.28 bits per heavy atom. The maximum atomic E-state index is 12.5. The number of hydrogen-bond donors (Lipinski definition) is 0. The van der Waals surface area contributed by atoms with Crippen LogP contribution in [-0.2, 0) is 9.53 Å². The summed E-state index contributed by atoms with van der Waals surface area (Å²) in [6.45, 7) is 3.35. The van der Waals surface area contributed by atoms with E-state index in [0.717, 1.165) is 11.8 Å². The van der Waals surface area contributed by atoms with Crippen molar-refractivity contribution in [3.8, 4) is 0 Å². The van der Waals surface area contributed by atoms with Gasteiger partial charge in [-0.15, -0.1) is 11.8 Å². The van der Waals surface area contributed by atoms with Crippen LogP contribution in [0.25, 0.3) is 0 Å². The van der Waals surface area contributed by atoms with E-state index in [1.54, 1.807) is 6.92 Å². The van der Waals surface area contributed by atoms with E-state index < -0.39 is 29.7 Å². The number of rotatable bonds is 7. The molecule has 8 heteroatoms. The van der Waals surface area contributed by atoms with Crippen LogP contribution in [0.2, 0.25) is 0 Å². The highest BCUT2D eigenvalue weighted by Crippen LogP contribution is 2.39. The van der Waals surface area contributed by atoms with Gasteiger partial charge in [-0.1, -0.05) is 0 Å². The second-order valence-corrected chi connectivity index (χ2v) is 5.02. The van der Waals surface area contributed by atoms with E-state index in [4.69, 9.17) is 0 Å². The number of hydrogen-bond acceptors (Lipinski definition) is 3. The van der Waals surface area contributed by atoms with Gasteiger partial charge in [0.1, 0.15) is 0 Å². The molecule has 1 atom stereocenters. The summed E-state index contributed by atoms with van der Waals surface area (Å²) < 4.78 is 65.1. The van der Waals surface area contributed by atoms with Crippen LogP contribution >= 0.6 is 11.8 Å². The van der Waals surface area contributed by atoms with E-state index in [2.05, 4.69) is 4.74 Å². The lowest BCUT2D eigenvalue weighted by atomic mass is 10.2. The van der Waals surface area contributed by atoms with Crippen molar-refractivity contribution in [3.05, 3.63) is 0 Å². The molecular weight excluding hydrogens is 279 g/mol. The van der Waals surface area contributed by atoms with E-state index in [0.29, 0.717) is 0 Å². The Morgan fingerprint density at radius 3 is 2.28 bits per heavy atom. The summed E-state index contributed by atoms with van der Waals surface area (Å²) in [5.74, 6) is -5.11. The van der Waals surface area contributed by atoms with Crippen LogP contribution in [0.4, 0.5) is 22.0 Å². The van der Waals surface area contributed by atoms with Crippen molar-refractivity contribution in [1.29, 1.82) is 0 Å². The maximum absolute atomic E-state index is 12.5. The molecule has 0 aromatic heterocycles. The highest BCUT2D eigenvalue weighted by molar-refractivity contribution is 8.00. The van der Waals surface area contributed by atoms with Gasteiger partial charge in [0.2, 0.25) is 0 Å². The van der Waals surface area contributed by atoms with Gasteiger partial charge in [-0.3, -0.25) is 4.79 Å². The van der Waals surface area contributed by atoms with Crippen LogP contribution in [0.15, 0.2) is 0 Å². The fourth-order valence-corrected chi connectivity index (χ4v) is 1.89. The predicted octanol–water partition coefficient (Wildman–Crippen LogP) is 3.65. The Morgan fingerprint density at radius 2 is 1.83 bits per heavy atom. The smallest absolute Gasteiger partial charge is 0.453 e. The minimum atomic E-state index is -5.51. The number of alkyl halides is 5. The normalized spacial score (nSPS) is 14.4. The molecule has 108 valence electrons. The van der Waals surface area contributed by atoms with Gasteiger partial charge in [-0.2, -0.15) is 22.0 Å². The van der Waals surface area contributed by atoms with Gasteiger partial charge in [0, 0.05) is 6.42 Å². The molecule has 0 aromatic rings. The average molecular weight is 294 g/mol. The lowest BCUT2D eigenvalue weighted by Crippen LogP contribution is -2.36. The summed E-state index contributed by atoms with van der Waals surface area (Å²) >= 11 is 1.00. The predicted molar refractivity (Wildman–Crippen MR) is 58.8 cm³/mol. The van der Waals surface area contributed by atoms with Crippen molar-refractivity contribution in [3.63, 3.8) is 0 Å². The van der Waals surface area contributed by atoms with Crippen LogP contribution < -0.4 is 0 Å². The van der Waals surface area contributed by atoms with Crippen LogP contribution in [0.5, 0.6) is 0 Å². The first-order chi connectivity index (χ1) is 8.12. The van der Waals surface area contributed by atoms with Crippen LogP contribution in [0, 0.1) is 0 Å². The van der Waals surface area contributed by atoms with Gasteiger partial charge in [0.15, 0.2) is 0 Å². The summed E-state index contributed by atoms with van der Waals surface area (Å²) in [5.41, 5.74) is 0. The molecule has 0 fully saturated rings. The Bertz CT molecular complexity index is 267. The molecule has 0 aliphatic heterocycles. The lowest BCUT2D eigenvalue weighted by molar-refractivity contribution is -0.284. The third-order valence-corrected chi connectivity index (χ3v) is 3.25. The van der Waals surface area contributed by atoms with Crippen molar-refractivity contribution in [2.75, 3.05) is 12.4 Å². The van der Waals surface area contributed by atoms with Gasteiger partial charge < -0.3 is 4.74 Å². The Hall–Kier alpha value is -0.530. The number of thioether (sulfide) groups is 1. The fourth-order valence-electron chi connectivity index (χ4n) is 1.02. The molecule has 0 N–H and O–H groups in total. The topological polar surface area (TPSA) is 26.3 Å². The van der Waals surface area contributed by atoms with Gasteiger partial charge in [0.25, 0.3) is 0 Å². The molecule has 0 amide bonds. The van der Waals surface area contributed by atoms with Crippen LogP contribution in [0.3, 0.4) is 0 Å². The zero-order valence-corrected chi connectivity index (χ0v) is 10.8.